The van der Waals surface area contributed by atoms with Crippen LogP contribution in [0.15, 0.2) is 18.2 Å². The van der Waals surface area contributed by atoms with E-state index in [0.717, 1.165) is 16.7 Å². The average Bonchev–Trinajstić information content (AvgIpc) is 2.48. The summed E-state index contributed by atoms with van der Waals surface area (Å²) in [4.78, 5) is 0. The quantitative estimate of drug-likeness (QED) is 0.570. The third-order valence-electron chi connectivity index (χ3n) is 2.13. The summed E-state index contributed by atoms with van der Waals surface area (Å²) in [7, 11) is 1.12. The van der Waals surface area contributed by atoms with Crippen LogP contribution in [0.2, 0.25) is 0 Å². The highest BCUT2D eigenvalue weighted by Crippen LogP contribution is 2.18. The molecule has 0 bridgehead atoms. The molecule has 0 fully saturated rings. The summed E-state index contributed by atoms with van der Waals surface area (Å²) in [5, 5.41) is 12.4. The maximum atomic E-state index is 9.35. The second-order valence-corrected chi connectivity index (χ2v) is 2.79. The van der Waals surface area contributed by atoms with Crippen molar-refractivity contribution in [3.63, 3.8) is 0 Å². The lowest BCUT2D eigenvalue weighted by Gasteiger charge is -2.05. The van der Waals surface area contributed by atoms with Crippen LogP contribution in [0, 0.1) is 0 Å². The zero-order valence-electron chi connectivity index (χ0n) is 6.87. The maximum absolute atomic E-state index is 9.35. The van der Waals surface area contributed by atoms with Crippen LogP contribution in [-0.2, 0) is 11.3 Å². The van der Waals surface area contributed by atoms with Gasteiger partial charge in [-0.2, -0.15) is 0 Å². The Morgan fingerprint density at radius 3 is 3.17 bits per heavy atom. The fraction of sp³-hybridized carbons (Fsp3) is 0.250. The fourth-order valence-electron chi connectivity index (χ4n) is 1.48. The van der Waals surface area contributed by atoms with E-state index in [2.05, 4.69) is 5.32 Å². The highest BCUT2D eigenvalue weighted by atomic mass is 16.5. The minimum absolute atomic E-state index is 0.494. The topological polar surface area (TPSA) is 41.5 Å². The Labute approximate surface area is 71.5 Å². The first-order valence-corrected chi connectivity index (χ1v) is 3.92. The first kappa shape index (κ1) is 7.64. The van der Waals surface area contributed by atoms with E-state index in [1.54, 1.807) is 0 Å². The van der Waals surface area contributed by atoms with Crippen LogP contribution >= 0.6 is 0 Å². The van der Waals surface area contributed by atoms with E-state index in [-0.39, 0.29) is 0 Å². The van der Waals surface area contributed by atoms with Gasteiger partial charge in [0.2, 0.25) is 0 Å². The zero-order chi connectivity index (χ0) is 8.55. The van der Waals surface area contributed by atoms with Crippen molar-refractivity contribution in [3.8, 4) is 0 Å². The third-order valence-corrected chi connectivity index (χ3v) is 2.13. The van der Waals surface area contributed by atoms with Crippen LogP contribution in [0.1, 0.15) is 5.56 Å². The monoisotopic (exact) mass is 163 g/mol. The molecule has 12 heavy (non-hydrogen) atoms. The summed E-state index contributed by atoms with van der Waals surface area (Å²) >= 11 is 0. The van der Waals surface area contributed by atoms with Gasteiger partial charge in [0.1, 0.15) is 0 Å². The number of fused-ring (bicyclic) bond motifs is 1. The molecular weight excluding hydrogens is 153 g/mol. The minimum Gasteiger partial charge on any atom is -0.423 e. The van der Waals surface area contributed by atoms with Crippen LogP contribution < -0.4 is 10.8 Å². The maximum Gasteiger partial charge on any atom is 0.491 e. The number of hydrogen-bond donors (Lipinski definition) is 2. The molecule has 1 heterocycles. The molecule has 0 spiro atoms. The van der Waals surface area contributed by atoms with Crippen LogP contribution in [0.25, 0.3) is 0 Å². The van der Waals surface area contributed by atoms with Crippen molar-refractivity contribution in [1.29, 1.82) is 0 Å². The SMILES string of the molecule is CNc1cccc2c1COB2O. The lowest BCUT2D eigenvalue weighted by Crippen LogP contribution is -2.28. The molecule has 62 valence electrons. The third kappa shape index (κ3) is 1.00. The Bertz CT molecular complexity index is 303. The molecule has 2 rings (SSSR count). The molecule has 4 heteroatoms. The Morgan fingerprint density at radius 1 is 1.58 bits per heavy atom. The van der Waals surface area contributed by atoms with E-state index in [9.17, 15) is 5.02 Å². The van der Waals surface area contributed by atoms with Crippen molar-refractivity contribution in [3.05, 3.63) is 23.8 Å². The lowest BCUT2D eigenvalue weighted by molar-refractivity contribution is 0.276. The van der Waals surface area contributed by atoms with Gasteiger partial charge in [-0.25, -0.2) is 0 Å². The average molecular weight is 163 g/mol. The Morgan fingerprint density at radius 2 is 2.42 bits per heavy atom. The van der Waals surface area contributed by atoms with Crippen LogP contribution in [0.5, 0.6) is 0 Å². The van der Waals surface area contributed by atoms with Gasteiger partial charge in [0.15, 0.2) is 0 Å². The molecule has 0 aliphatic carbocycles. The zero-order valence-corrected chi connectivity index (χ0v) is 6.87. The molecule has 1 aliphatic rings. The Balaban J connectivity index is 2.50. The van der Waals surface area contributed by atoms with Crippen molar-refractivity contribution in [2.24, 2.45) is 0 Å². The van der Waals surface area contributed by atoms with Crippen LogP contribution in [-0.4, -0.2) is 19.2 Å². The summed E-state index contributed by atoms with van der Waals surface area (Å²) in [6.07, 6.45) is 0. The summed E-state index contributed by atoms with van der Waals surface area (Å²) in [6, 6.07) is 5.76. The van der Waals surface area contributed by atoms with Crippen molar-refractivity contribution < 1.29 is 9.68 Å². The fourth-order valence-corrected chi connectivity index (χ4v) is 1.48. The van der Waals surface area contributed by atoms with Gasteiger partial charge in [0.25, 0.3) is 0 Å². The molecule has 0 aromatic heterocycles. The van der Waals surface area contributed by atoms with Gasteiger partial charge < -0.3 is 15.0 Å². The molecule has 2 N–H and O–H groups in total. The summed E-state index contributed by atoms with van der Waals surface area (Å²) in [5.74, 6) is 0. The highest BCUT2D eigenvalue weighted by Gasteiger charge is 2.28. The van der Waals surface area contributed by atoms with Crippen LogP contribution in [0.3, 0.4) is 0 Å². The predicted molar refractivity (Wildman–Crippen MR) is 48.4 cm³/mol. The summed E-state index contributed by atoms with van der Waals surface area (Å²) in [5.41, 5.74) is 2.97. The normalized spacial score (nSPS) is 14.7. The number of hydrogen-bond acceptors (Lipinski definition) is 3. The van der Waals surface area contributed by atoms with E-state index >= 15 is 0 Å². The number of anilines is 1. The molecule has 1 aromatic carbocycles. The smallest absolute Gasteiger partial charge is 0.423 e. The molecule has 3 nitrogen and oxygen atoms in total. The number of rotatable bonds is 1. The first-order chi connectivity index (χ1) is 5.83. The molecule has 0 amide bonds. The van der Waals surface area contributed by atoms with E-state index in [4.69, 9.17) is 4.65 Å². The van der Waals surface area contributed by atoms with Gasteiger partial charge in [0, 0.05) is 12.7 Å². The first-order valence-electron chi connectivity index (χ1n) is 3.92. The van der Waals surface area contributed by atoms with Gasteiger partial charge in [-0.3, -0.25) is 0 Å². The molecule has 1 aliphatic heterocycles. The molecule has 0 radical (unpaired) electrons. The van der Waals surface area contributed by atoms with Crippen LogP contribution in [0.4, 0.5) is 5.69 Å². The van der Waals surface area contributed by atoms with Crippen molar-refractivity contribution in [2.75, 3.05) is 12.4 Å². The van der Waals surface area contributed by atoms with E-state index < -0.39 is 7.12 Å². The second-order valence-electron chi connectivity index (χ2n) is 2.79. The number of nitrogens with one attached hydrogen (secondary N) is 1. The van der Waals surface area contributed by atoms with Crippen molar-refractivity contribution in [1.82, 2.24) is 0 Å². The highest BCUT2D eigenvalue weighted by molar-refractivity contribution is 6.61. The van der Waals surface area contributed by atoms with Crippen molar-refractivity contribution >= 4 is 18.3 Å². The second kappa shape index (κ2) is 2.81. The van der Waals surface area contributed by atoms with Gasteiger partial charge in [-0.05, 0) is 17.1 Å². The van der Waals surface area contributed by atoms with E-state index in [0.29, 0.717) is 6.61 Å². The number of benzene rings is 1. The Hall–Kier alpha value is -0.995. The standard InChI is InChI=1S/C8H10BNO2/c1-10-8-4-2-3-7-6(8)5-12-9(7)11/h2-4,10-11H,5H2,1H3. The largest absolute Gasteiger partial charge is 0.491 e. The van der Waals surface area contributed by atoms with Crippen molar-refractivity contribution in [2.45, 2.75) is 6.61 Å². The molecule has 1 aromatic rings. The van der Waals surface area contributed by atoms with Gasteiger partial charge in [-0.1, -0.05) is 12.1 Å². The molecule has 0 unspecified atom stereocenters. The Kier molecular flexibility index (Phi) is 1.79. The minimum atomic E-state index is -0.742. The molecule has 0 saturated heterocycles. The summed E-state index contributed by atoms with van der Waals surface area (Å²) < 4.78 is 5.08. The predicted octanol–water partition coefficient (Wildman–Crippen LogP) is -0.0540. The lowest BCUT2D eigenvalue weighted by atomic mass is 9.79. The van der Waals surface area contributed by atoms with E-state index in [1.807, 2.05) is 25.2 Å². The summed E-state index contributed by atoms with van der Waals surface area (Å²) in [6.45, 7) is 0.494. The molecular formula is C8H10BNO2. The van der Waals surface area contributed by atoms with Gasteiger partial charge in [0.05, 0.1) is 6.61 Å². The van der Waals surface area contributed by atoms with Gasteiger partial charge in [-0.15, -0.1) is 0 Å². The van der Waals surface area contributed by atoms with Gasteiger partial charge >= 0.3 is 7.12 Å². The van der Waals surface area contributed by atoms with E-state index in [1.165, 1.54) is 0 Å². The molecule has 0 atom stereocenters. The molecule has 0 saturated carbocycles.